The molecule has 6 nitrogen and oxygen atoms in total. The molecule has 0 spiro atoms. The zero-order valence-electron chi connectivity index (χ0n) is 13.7. The second kappa shape index (κ2) is 10.4. The Balaban J connectivity index is 2.05. The summed E-state index contributed by atoms with van der Waals surface area (Å²) >= 11 is 0. The van der Waals surface area contributed by atoms with Gasteiger partial charge in [-0.25, -0.2) is 0 Å². The van der Waals surface area contributed by atoms with E-state index in [4.69, 9.17) is 0 Å². The van der Waals surface area contributed by atoms with E-state index in [0.717, 1.165) is 31.4 Å². The average molecular weight is 298 g/mol. The van der Waals surface area contributed by atoms with Crippen LogP contribution >= 0.6 is 0 Å². The van der Waals surface area contributed by atoms with Crippen molar-refractivity contribution in [2.45, 2.75) is 32.6 Å². The van der Waals surface area contributed by atoms with E-state index in [-0.39, 0.29) is 5.97 Å². The molecular weight excluding hydrogens is 268 g/mol. The van der Waals surface area contributed by atoms with Crippen molar-refractivity contribution in [1.82, 2.24) is 15.5 Å². The molecule has 6 heteroatoms. The van der Waals surface area contributed by atoms with Crippen LogP contribution in [0.3, 0.4) is 0 Å². The summed E-state index contributed by atoms with van der Waals surface area (Å²) in [5, 5.41) is 6.37. The summed E-state index contributed by atoms with van der Waals surface area (Å²) in [7, 11) is 3.14. The number of carbonyl (C=O) groups excluding carboxylic acids is 1. The van der Waals surface area contributed by atoms with Crippen LogP contribution in [0, 0.1) is 5.92 Å². The number of nitrogens with zero attached hydrogens (tertiary/aromatic N) is 2. The molecule has 0 amide bonds. The minimum absolute atomic E-state index is 0.211. The third-order valence-electron chi connectivity index (χ3n) is 3.89. The van der Waals surface area contributed by atoms with Gasteiger partial charge < -0.3 is 20.3 Å². The van der Waals surface area contributed by atoms with E-state index in [0.29, 0.717) is 13.0 Å². The molecule has 0 aromatic carbocycles. The molecule has 0 unspecified atom stereocenters. The van der Waals surface area contributed by atoms with Gasteiger partial charge in [-0.2, -0.15) is 0 Å². The largest absolute Gasteiger partial charge is 0.469 e. The van der Waals surface area contributed by atoms with Crippen LogP contribution in [0.4, 0.5) is 0 Å². The average Bonchev–Trinajstić information content (AvgIpc) is 2.51. The van der Waals surface area contributed by atoms with Gasteiger partial charge in [-0.1, -0.05) is 6.92 Å². The number of esters is 1. The van der Waals surface area contributed by atoms with Crippen molar-refractivity contribution in [3.05, 3.63) is 0 Å². The molecule has 1 aliphatic rings. The molecule has 1 heterocycles. The van der Waals surface area contributed by atoms with Gasteiger partial charge >= 0.3 is 5.97 Å². The van der Waals surface area contributed by atoms with Gasteiger partial charge in [0.05, 0.1) is 13.5 Å². The molecule has 21 heavy (non-hydrogen) atoms. The van der Waals surface area contributed by atoms with Crippen LogP contribution in [0.5, 0.6) is 0 Å². The van der Waals surface area contributed by atoms with Gasteiger partial charge in [-0.15, -0.1) is 0 Å². The molecule has 1 rings (SSSR count). The Morgan fingerprint density at radius 1 is 1.29 bits per heavy atom. The van der Waals surface area contributed by atoms with Crippen molar-refractivity contribution in [3.8, 4) is 0 Å². The molecule has 0 aliphatic carbocycles. The number of rotatable bonds is 7. The number of likely N-dealkylation sites (tertiary alicyclic amines) is 1. The minimum Gasteiger partial charge on any atom is -0.469 e. The Morgan fingerprint density at radius 3 is 2.57 bits per heavy atom. The van der Waals surface area contributed by atoms with E-state index < -0.39 is 0 Å². The first kappa shape index (κ1) is 17.8. The lowest BCUT2D eigenvalue weighted by Crippen LogP contribution is -2.40. The fourth-order valence-corrected chi connectivity index (χ4v) is 2.40. The molecule has 1 fully saturated rings. The highest BCUT2D eigenvalue weighted by Gasteiger charge is 2.14. The highest BCUT2D eigenvalue weighted by molar-refractivity contribution is 5.80. The van der Waals surface area contributed by atoms with Gasteiger partial charge in [0.1, 0.15) is 0 Å². The predicted molar refractivity (Wildman–Crippen MR) is 85.5 cm³/mol. The first-order valence-corrected chi connectivity index (χ1v) is 7.89. The number of guanidine groups is 1. The monoisotopic (exact) mass is 298 g/mol. The number of carbonyl (C=O) groups is 1. The molecule has 2 N–H and O–H groups in total. The molecule has 0 atom stereocenters. The van der Waals surface area contributed by atoms with Crippen molar-refractivity contribution in [3.63, 3.8) is 0 Å². The van der Waals surface area contributed by atoms with E-state index in [1.54, 1.807) is 7.05 Å². The topological polar surface area (TPSA) is 66.0 Å². The van der Waals surface area contributed by atoms with Gasteiger partial charge in [0.25, 0.3) is 0 Å². The number of hydrogen-bond donors (Lipinski definition) is 2. The lowest BCUT2D eigenvalue weighted by Gasteiger charge is -2.30. The number of hydrogen-bond acceptors (Lipinski definition) is 4. The van der Waals surface area contributed by atoms with E-state index in [9.17, 15) is 4.79 Å². The third-order valence-corrected chi connectivity index (χ3v) is 3.89. The normalized spacial score (nSPS) is 17.6. The van der Waals surface area contributed by atoms with Crippen LogP contribution in [-0.4, -0.2) is 63.7 Å². The fraction of sp³-hybridized carbons (Fsp3) is 0.867. The Hall–Kier alpha value is -1.30. The fourth-order valence-electron chi connectivity index (χ4n) is 2.40. The molecule has 0 saturated carbocycles. The number of nitrogens with one attached hydrogen (secondary N) is 2. The quantitative estimate of drug-likeness (QED) is 0.315. The Morgan fingerprint density at radius 2 is 1.95 bits per heavy atom. The van der Waals surface area contributed by atoms with Gasteiger partial charge in [0.15, 0.2) is 5.96 Å². The third kappa shape index (κ3) is 7.90. The lowest BCUT2D eigenvalue weighted by atomic mass is 9.99. The summed E-state index contributed by atoms with van der Waals surface area (Å²) in [6.07, 6.45) is 4.10. The number of piperidine rings is 1. The van der Waals surface area contributed by atoms with Crippen LogP contribution in [0.2, 0.25) is 0 Å². The van der Waals surface area contributed by atoms with Crippen molar-refractivity contribution in [2.24, 2.45) is 10.9 Å². The molecule has 0 bridgehead atoms. The standard InChI is InChI=1S/C15H30N4O2/c1-13-6-11-19(12-7-13)10-4-8-17-15(16-2)18-9-5-14(20)21-3/h13H,4-12H2,1-3H3,(H2,16,17,18). The zero-order valence-corrected chi connectivity index (χ0v) is 13.7. The summed E-state index contributed by atoms with van der Waals surface area (Å²) in [6.45, 7) is 7.36. The summed E-state index contributed by atoms with van der Waals surface area (Å²) in [5.74, 6) is 1.42. The maximum Gasteiger partial charge on any atom is 0.307 e. The first-order chi connectivity index (χ1) is 10.2. The first-order valence-electron chi connectivity index (χ1n) is 7.89. The molecule has 1 saturated heterocycles. The van der Waals surface area contributed by atoms with Gasteiger partial charge in [0, 0.05) is 20.1 Å². The Bertz CT molecular complexity index is 326. The van der Waals surface area contributed by atoms with Gasteiger partial charge in [0.2, 0.25) is 0 Å². The van der Waals surface area contributed by atoms with Crippen LogP contribution < -0.4 is 10.6 Å². The molecule has 0 radical (unpaired) electrons. The second-order valence-electron chi connectivity index (χ2n) is 5.63. The highest BCUT2D eigenvalue weighted by Crippen LogP contribution is 2.15. The number of methoxy groups -OCH3 is 1. The minimum atomic E-state index is -0.211. The van der Waals surface area contributed by atoms with Crippen LogP contribution in [-0.2, 0) is 9.53 Å². The smallest absolute Gasteiger partial charge is 0.307 e. The summed E-state index contributed by atoms with van der Waals surface area (Å²) in [6, 6.07) is 0. The number of ether oxygens (including phenoxy) is 1. The van der Waals surface area contributed by atoms with E-state index in [1.807, 2.05) is 0 Å². The van der Waals surface area contributed by atoms with Crippen LogP contribution in [0.25, 0.3) is 0 Å². The lowest BCUT2D eigenvalue weighted by molar-refractivity contribution is -0.140. The van der Waals surface area contributed by atoms with Crippen LogP contribution in [0.15, 0.2) is 4.99 Å². The van der Waals surface area contributed by atoms with E-state index >= 15 is 0 Å². The van der Waals surface area contributed by atoms with Gasteiger partial charge in [-0.3, -0.25) is 9.79 Å². The predicted octanol–water partition coefficient (Wildman–Crippen LogP) is 0.837. The molecule has 0 aromatic rings. The molecule has 1 aliphatic heterocycles. The summed E-state index contributed by atoms with van der Waals surface area (Å²) in [4.78, 5) is 17.7. The molecule has 122 valence electrons. The van der Waals surface area contributed by atoms with E-state index in [2.05, 4.69) is 32.2 Å². The van der Waals surface area contributed by atoms with Crippen LogP contribution in [0.1, 0.15) is 32.6 Å². The molecule has 0 aromatic heterocycles. The Kier molecular flexibility index (Phi) is 8.82. The zero-order chi connectivity index (χ0) is 15.5. The SMILES string of the molecule is CN=C(NCCCN1CCC(C)CC1)NCCC(=O)OC. The highest BCUT2D eigenvalue weighted by atomic mass is 16.5. The summed E-state index contributed by atoms with van der Waals surface area (Å²) in [5.41, 5.74) is 0. The van der Waals surface area contributed by atoms with Gasteiger partial charge in [-0.05, 0) is 44.8 Å². The van der Waals surface area contributed by atoms with E-state index in [1.165, 1.54) is 33.0 Å². The second-order valence-corrected chi connectivity index (χ2v) is 5.63. The Labute approximate surface area is 128 Å². The van der Waals surface area contributed by atoms with Crippen molar-refractivity contribution >= 4 is 11.9 Å². The van der Waals surface area contributed by atoms with Crippen molar-refractivity contribution in [1.29, 1.82) is 0 Å². The van der Waals surface area contributed by atoms with Crippen molar-refractivity contribution in [2.75, 3.05) is 46.9 Å². The summed E-state index contributed by atoms with van der Waals surface area (Å²) < 4.78 is 4.59. The molecular formula is C15H30N4O2. The van der Waals surface area contributed by atoms with Crippen molar-refractivity contribution < 1.29 is 9.53 Å². The number of aliphatic imine (C=N–C) groups is 1. The maximum absolute atomic E-state index is 11.0. The maximum atomic E-state index is 11.0.